The van der Waals surface area contributed by atoms with Crippen molar-refractivity contribution >= 4 is 17.7 Å². The molecule has 0 heterocycles. The SMILES string of the molecule is Cc1ccc(NC(=O)N(C)CCC(=O)O)c(C)c1. The van der Waals surface area contributed by atoms with Crippen molar-refractivity contribution in [1.29, 1.82) is 0 Å². The molecule has 0 fully saturated rings. The molecule has 0 aliphatic heterocycles. The first kappa shape index (κ1) is 14.0. The Labute approximate surface area is 106 Å². The Morgan fingerprint density at radius 3 is 2.56 bits per heavy atom. The normalized spacial score (nSPS) is 9.94. The Kier molecular flexibility index (Phi) is 4.71. The van der Waals surface area contributed by atoms with Crippen LogP contribution < -0.4 is 5.32 Å². The Balaban J connectivity index is 2.61. The molecule has 0 saturated carbocycles. The molecule has 0 atom stereocenters. The van der Waals surface area contributed by atoms with Crippen LogP contribution in [0.15, 0.2) is 18.2 Å². The number of nitrogens with zero attached hydrogens (tertiary/aromatic N) is 1. The van der Waals surface area contributed by atoms with E-state index in [4.69, 9.17) is 5.11 Å². The van der Waals surface area contributed by atoms with Crippen molar-refractivity contribution < 1.29 is 14.7 Å². The van der Waals surface area contributed by atoms with Gasteiger partial charge in [-0.15, -0.1) is 0 Å². The Morgan fingerprint density at radius 1 is 1.33 bits per heavy atom. The topological polar surface area (TPSA) is 69.6 Å². The molecular formula is C13H18N2O3. The van der Waals surface area contributed by atoms with Gasteiger partial charge in [0.15, 0.2) is 0 Å². The van der Waals surface area contributed by atoms with E-state index in [9.17, 15) is 9.59 Å². The first-order chi connectivity index (χ1) is 8.40. The van der Waals surface area contributed by atoms with E-state index in [1.54, 1.807) is 7.05 Å². The van der Waals surface area contributed by atoms with E-state index in [0.717, 1.165) is 16.8 Å². The molecule has 2 amide bonds. The summed E-state index contributed by atoms with van der Waals surface area (Å²) < 4.78 is 0. The number of hydrogen-bond acceptors (Lipinski definition) is 2. The smallest absolute Gasteiger partial charge is 0.321 e. The fourth-order valence-electron chi connectivity index (χ4n) is 1.53. The monoisotopic (exact) mass is 250 g/mol. The van der Waals surface area contributed by atoms with Crippen molar-refractivity contribution in [2.45, 2.75) is 20.3 Å². The van der Waals surface area contributed by atoms with E-state index in [1.165, 1.54) is 4.90 Å². The van der Waals surface area contributed by atoms with Gasteiger partial charge < -0.3 is 15.3 Å². The zero-order chi connectivity index (χ0) is 13.7. The minimum Gasteiger partial charge on any atom is -0.481 e. The molecule has 0 unspecified atom stereocenters. The molecule has 0 aliphatic rings. The fourth-order valence-corrected chi connectivity index (χ4v) is 1.53. The highest BCUT2D eigenvalue weighted by atomic mass is 16.4. The third kappa shape index (κ3) is 4.08. The van der Waals surface area contributed by atoms with Crippen molar-refractivity contribution in [2.75, 3.05) is 18.9 Å². The van der Waals surface area contributed by atoms with Gasteiger partial charge in [-0.05, 0) is 25.5 Å². The molecule has 0 radical (unpaired) electrons. The Morgan fingerprint density at radius 2 is 2.00 bits per heavy atom. The van der Waals surface area contributed by atoms with E-state index in [1.807, 2.05) is 32.0 Å². The maximum absolute atomic E-state index is 11.8. The molecule has 0 saturated heterocycles. The van der Waals surface area contributed by atoms with Crippen LogP contribution >= 0.6 is 0 Å². The number of carbonyl (C=O) groups excluding carboxylic acids is 1. The summed E-state index contributed by atoms with van der Waals surface area (Å²) in [5.41, 5.74) is 2.85. The maximum atomic E-state index is 11.8. The van der Waals surface area contributed by atoms with Crippen LogP contribution in [-0.4, -0.2) is 35.6 Å². The van der Waals surface area contributed by atoms with Crippen molar-refractivity contribution in [2.24, 2.45) is 0 Å². The van der Waals surface area contributed by atoms with Crippen molar-refractivity contribution in [3.8, 4) is 0 Å². The lowest BCUT2D eigenvalue weighted by atomic mass is 10.1. The number of urea groups is 1. The minimum absolute atomic E-state index is 0.0587. The standard InChI is InChI=1S/C13H18N2O3/c1-9-4-5-11(10(2)8-9)14-13(18)15(3)7-6-12(16)17/h4-5,8H,6-7H2,1-3H3,(H,14,18)(H,16,17). The lowest BCUT2D eigenvalue weighted by Crippen LogP contribution is -2.33. The number of carbonyl (C=O) groups is 2. The minimum atomic E-state index is -0.916. The van der Waals surface area contributed by atoms with Crippen LogP contribution in [0.3, 0.4) is 0 Å². The average Bonchev–Trinajstić information content (AvgIpc) is 2.29. The second-order valence-corrected chi connectivity index (χ2v) is 4.31. The predicted molar refractivity (Wildman–Crippen MR) is 69.8 cm³/mol. The van der Waals surface area contributed by atoms with E-state index < -0.39 is 5.97 Å². The van der Waals surface area contributed by atoms with Gasteiger partial charge >= 0.3 is 12.0 Å². The summed E-state index contributed by atoms with van der Waals surface area (Å²) in [5.74, 6) is -0.916. The molecule has 0 spiro atoms. The van der Waals surface area contributed by atoms with Crippen LogP contribution in [0.25, 0.3) is 0 Å². The molecule has 98 valence electrons. The van der Waals surface area contributed by atoms with Gasteiger partial charge in [-0.2, -0.15) is 0 Å². The van der Waals surface area contributed by atoms with Gasteiger partial charge in [0.25, 0.3) is 0 Å². The number of carboxylic acid groups (broad SMARTS) is 1. The van der Waals surface area contributed by atoms with Gasteiger partial charge in [0.2, 0.25) is 0 Å². The van der Waals surface area contributed by atoms with Gasteiger partial charge in [0.05, 0.1) is 6.42 Å². The molecule has 0 aromatic heterocycles. The zero-order valence-electron chi connectivity index (χ0n) is 10.9. The van der Waals surface area contributed by atoms with E-state index in [-0.39, 0.29) is 19.0 Å². The van der Waals surface area contributed by atoms with Crippen LogP contribution in [0, 0.1) is 13.8 Å². The first-order valence-corrected chi connectivity index (χ1v) is 5.71. The zero-order valence-corrected chi connectivity index (χ0v) is 10.9. The van der Waals surface area contributed by atoms with Crippen LogP contribution in [0.2, 0.25) is 0 Å². The van der Waals surface area contributed by atoms with E-state index >= 15 is 0 Å². The molecule has 2 N–H and O–H groups in total. The van der Waals surface area contributed by atoms with Gasteiger partial charge in [-0.1, -0.05) is 17.7 Å². The summed E-state index contributed by atoms with van der Waals surface area (Å²) in [7, 11) is 1.57. The number of rotatable bonds is 4. The van der Waals surface area contributed by atoms with Crippen molar-refractivity contribution in [3.05, 3.63) is 29.3 Å². The van der Waals surface area contributed by atoms with Gasteiger partial charge in [0, 0.05) is 19.3 Å². The molecule has 18 heavy (non-hydrogen) atoms. The summed E-state index contributed by atoms with van der Waals surface area (Å²) in [4.78, 5) is 23.6. The highest BCUT2D eigenvalue weighted by Crippen LogP contribution is 2.16. The van der Waals surface area contributed by atoms with Gasteiger partial charge in [-0.25, -0.2) is 4.79 Å². The fraction of sp³-hybridized carbons (Fsp3) is 0.385. The van der Waals surface area contributed by atoms with Crippen LogP contribution in [-0.2, 0) is 4.79 Å². The molecule has 0 bridgehead atoms. The second-order valence-electron chi connectivity index (χ2n) is 4.31. The molecule has 5 heteroatoms. The van der Waals surface area contributed by atoms with Gasteiger partial charge in [-0.3, -0.25) is 4.79 Å². The molecule has 1 aromatic rings. The highest BCUT2D eigenvalue weighted by molar-refractivity contribution is 5.90. The number of aryl methyl sites for hydroxylation is 2. The number of anilines is 1. The van der Waals surface area contributed by atoms with Crippen molar-refractivity contribution in [3.63, 3.8) is 0 Å². The van der Waals surface area contributed by atoms with Crippen LogP contribution in [0.5, 0.6) is 0 Å². The predicted octanol–water partition coefficient (Wildman–Crippen LogP) is 2.24. The molecule has 0 aliphatic carbocycles. The number of nitrogens with one attached hydrogen (secondary N) is 1. The summed E-state index contributed by atoms with van der Waals surface area (Å²) in [6, 6.07) is 5.43. The summed E-state index contributed by atoms with van der Waals surface area (Å²) in [6.45, 7) is 4.09. The first-order valence-electron chi connectivity index (χ1n) is 5.71. The van der Waals surface area contributed by atoms with E-state index in [2.05, 4.69) is 5.32 Å². The van der Waals surface area contributed by atoms with Gasteiger partial charge in [0.1, 0.15) is 0 Å². The lowest BCUT2D eigenvalue weighted by molar-refractivity contribution is -0.137. The summed E-state index contributed by atoms with van der Waals surface area (Å²) in [6.07, 6.45) is -0.0587. The maximum Gasteiger partial charge on any atom is 0.321 e. The molecule has 5 nitrogen and oxygen atoms in total. The van der Waals surface area contributed by atoms with Crippen LogP contribution in [0.4, 0.5) is 10.5 Å². The highest BCUT2D eigenvalue weighted by Gasteiger charge is 2.11. The quantitative estimate of drug-likeness (QED) is 0.861. The number of carboxylic acids is 1. The number of benzene rings is 1. The third-order valence-electron chi connectivity index (χ3n) is 2.63. The Bertz CT molecular complexity index is 458. The number of hydrogen-bond donors (Lipinski definition) is 2. The number of aliphatic carboxylic acids is 1. The average molecular weight is 250 g/mol. The largest absolute Gasteiger partial charge is 0.481 e. The second kappa shape index (κ2) is 6.05. The number of amides is 2. The van der Waals surface area contributed by atoms with E-state index in [0.29, 0.717) is 0 Å². The molecule has 1 rings (SSSR count). The third-order valence-corrected chi connectivity index (χ3v) is 2.63. The van der Waals surface area contributed by atoms with Crippen LogP contribution in [0.1, 0.15) is 17.5 Å². The van der Waals surface area contributed by atoms with Crippen molar-refractivity contribution in [1.82, 2.24) is 4.90 Å². The molecule has 1 aromatic carbocycles. The lowest BCUT2D eigenvalue weighted by Gasteiger charge is -2.18. The summed E-state index contributed by atoms with van der Waals surface area (Å²) >= 11 is 0. The molecular weight excluding hydrogens is 232 g/mol. The Hall–Kier alpha value is -2.04. The summed E-state index contributed by atoms with van der Waals surface area (Å²) in [5, 5.41) is 11.3.